The maximum absolute atomic E-state index is 12.2. The molecular formula is C28H55N5O5P-. The van der Waals surface area contributed by atoms with Crippen molar-refractivity contribution >= 4 is 7.60 Å². The number of nitrogens with zero attached hydrogens (tertiary/aromatic N) is 1. The van der Waals surface area contributed by atoms with E-state index in [-0.39, 0.29) is 31.1 Å². The Balaban J connectivity index is 1.34. The Kier molecular flexibility index (Phi) is 18.8. The van der Waals surface area contributed by atoms with Crippen LogP contribution in [-0.2, 0) is 18.6 Å². The molecule has 2 saturated heterocycles. The van der Waals surface area contributed by atoms with Crippen molar-refractivity contribution in [3.05, 3.63) is 0 Å². The minimum Gasteiger partial charge on any atom is -0.777 e. The molecule has 4 unspecified atom stereocenters. The highest BCUT2D eigenvalue weighted by Gasteiger charge is 2.39. The fourth-order valence-electron chi connectivity index (χ4n) is 5.13. The number of nitrogens with one attached hydrogen (secondary N) is 3. The van der Waals surface area contributed by atoms with Crippen molar-refractivity contribution in [1.82, 2.24) is 20.9 Å². The predicted molar refractivity (Wildman–Crippen MR) is 155 cm³/mol. The molecule has 39 heavy (non-hydrogen) atoms. The highest BCUT2D eigenvalue weighted by Crippen LogP contribution is 2.37. The maximum atomic E-state index is 12.2. The normalized spacial score (nSPS) is 23.8. The van der Waals surface area contributed by atoms with Crippen LogP contribution in [0.5, 0.6) is 0 Å². The fraction of sp³-hybridized carbons (Fsp3) is 0.929. The summed E-state index contributed by atoms with van der Waals surface area (Å²) < 4.78 is 28.5. The number of terminal acetylenes is 1. The molecule has 0 saturated carbocycles. The van der Waals surface area contributed by atoms with Crippen molar-refractivity contribution in [3.63, 3.8) is 0 Å². The monoisotopic (exact) mass is 572 g/mol. The zero-order chi connectivity index (χ0) is 28.2. The topological polar surface area (TPSA) is 133 Å². The zero-order valence-electron chi connectivity index (χ0n) is 24.2. The lowest BCUT2D eigenvalue weighted by atomic mass is 10.0. The summed E-state index contributed by atoms with van der Waals surface area (Å²) in [6, 6.07) is 0.104. The molecule has 2 fully saturated rings. The van der Waals surface area contributed by atoms with Crippen LogP contribution in [0.25, 0.3) is 0 Å². The summed E-state index contributed by atoms with van der Waals surface area (Å²) in [6.45, 7) is 5.13. The Labute approximate surface area is 237 Å². The Morgan fingerprint density at radius 1 is 0.949 bits per heavy atom. The summed E-state index contributed by atoms with van der Waals surface area (Å²) in [7, 11) is -4.04. The summed E-state index contributed by atoms with van der Waals surface area (Å²) in [6.07, 6.45) is 21.3. The number of hydrogen-bond acceptors (Lipinski definition) is 10. The first-order valence-corrected chi connectivity index (χ1v) is 16.9. The Bertz CT molecular complexity index is 712. The summed E-state index contributed by atoms with van der Waals surface area (Å²) in [5.41, 5.74) is 6.09. The molecule has 0 aromatic rings. The van der Waals surface area contributed by atoms with E-state index in [4.69, 9.17) is 26.2 Å². The molecule has 0 aromatic carbocycles. The van der Waals surface area contributed by atoms with Crippen LogP contribution < -0.4 is 26.6 Å². The molecule has 0 spiro atoms. The van der Waals surface area contributed by atoms with E-state index < -0.39 is 13.9 Å². The lowest BCUT2D eigenvalue weighted by Crippen LogP contribution is -2.67. The van der Waals surface area contributed by atoms with Gasteiger partial charge in [0, 0.05) is 32.8 Å². The molecule has 2 aliphatic heterocycles. The third kappa shape index (κ3) is 15.9. The van der Waals surface area contributed by atoms with Crippen molar-refractivity contribution in [2.24, 2.45) is 5.73 Å². The largest absolute Gasteiger partial charge is 0.777 e. The highest BCUT2D eigenvalue weighted by molar-refractivity contribution is 7.51. The molecule has 2 rings (SSSR count). The zero-order valence-corrected chi connectivity index (χ0v) is 25.1. The molecule has 5 N–H and O–H groups in total. The van der Waals surface area contributed by atoms with E-state index in [1.54, 1.807) is 0 Å². The molecule has 0 amide bonds. The SMILES string of the molecule is C#CCCCCCCCCCCCCCCOCCCOP(=O)([O-])CO[C@H](C)CN1CNC2C(N)NCNC21. The molecular weight excluding hydrogens is 517 g/mol. The van der Waals surface area contributed by atoms with Gasteiger partial charge in [-0.2, -0.15) is 0 Å². The van der Waals surface area contributed by atoms with Crippen LogP contribution in [0, 0.1) is 12.3 Å². The number of unbranched alkanes of at least 4 members (excludes halogenated alkanes) is 12. The molecule has 5 atom stereocenters. The first-order chi connectivity index (χ1) is 18.9. The third-order valence-corrected chi connectivity index (χ3v) is 8.43. The predicted octanol–water partition coefficient (Wildman–Crippen LogP) is 3.02. The van der Waals surface area contributed by atoms with E-state index in [1.807, 2.05) is 6.92 Å². The first kappa shape index (κ1) is 34.6. The van der Waals surface area contributed by atoms with Crippen LogP contribution >= 0.6 is 7.60 Å². The molecule has 2 aliphatic rings. The van der Waals surface area contributed by atoms with Crippen LogP contribution in [0.2, 0.25) is 0 Å². The van der Waals surface area contributed by atoms with Gasteiger partial charge in [-0.3, -0.25) is 20.9 Å². The molecule has 10 nitrogen and oxygen atoms in total. The van der Waals surface area contributed by atoms with E-state index >= 15 is 0 Å². The van der Waals surface area contributed by atoms with Gasteiger partial charge in [0.1, 0.15) is 6.35 Å². The second-order valence-electron chi connectivity index (χ2n) is 10.9. The molecule has 0 aliphatic carbocycles. The van der Waals surface area contributed by atoms with E-state index in [0.717, 1.165) is 19.4 Å². The lowest BCUT2D eigenvalue weighted by Gasteiger charge is -2.37. The van der Waals surface area contributed by atoms with Crippen molar-refractivity contribution < 1.29 is 23.5 Å². The highest BCUT2D eigenvalue weighted by atomic mass is 31.2. The molecule has 11 heteroatoms. The minimum absolute atomic E-state index is 0.0999. The van der Waals surface area contributed by atoms with Gasteiger partial charge in [0.15, 0.2) is 7.60 Å². The Morgan fingerprint density at radius 3 is 2.23 bits per heavy atom. The number of rotatable bonds is 24. The maximum Gasteiger partial charge on any atom is 0.160 e. The summed E-state index contributed by atoms with van der Waals surface area (Å²) >= 11 is 0. The smallest absolute Gasteiger partial charge is 0.160 e. The first-order valence-electron chi connectivity index (χ1n) is 15.2. The average molecular weight is 573 g/mol. The Hall–Kier alpha value is -0.570. The minimum atomic E-state index is -4.04. The van der Waals surface area contributed by atoms with E-state index in [1.165, 1.54) is 70.6 Å². The van der Waals surface area contributed by atoms with E-state index in [2.05, 4.69) is 26.8 Å². The quantitative estimate of drug-likeness (QED) is 0.0777. The molecule has 0 radical (unpaired) electrons. The molecule has 228 valence electrons. The third-order valence-electron chi connectivity index (χ3n) is 7.39. The molecule has 0 bridgehead atoms. The Morgan fingerprint density at radius 2 is 1.56 bits per heavy atom. The second kappa shape index (κ2) is 21.2. The number of fused-ring (bicyclic) bond motifs is 1. The van der Waals surface area contributed by atoms with Gasteiger partial charge < -0.3 is 29.2 Å². The fourth-order valence-corrected chi connectivity index (χ4v) is 6.05. The summed E-state index contributed by atoms with van der Waals surface area (Å²) in [5, 5.41) is 9.92. The van der Waals surface area contributed by atoms with Gasteiger partial charge in [-0.25, -0.2) is 0 Å². The van der Waals surface area contributed by atoms with Gasteiger partial charge in [0.25, 0.3) is 0 Å². The lowest BCUT2D eigenvalue weighted by molar-refractivity contribution is -0.205. The van der Waals surface area contributed by atoms with E-state index in [9.17, 15) is 9.46 Å². The number of nitrogens with two attached hydrogens (primary N) is 1. The van der Waals surface area contributed by atoms with Crippen LogP contribution in [0.15, 0.2) is 0 Å². The van der Waals surface area contributed by atoms with Crippen molar-refractivity contribution in [1.29, 1.82) is 0 Å². The standard InChI is InChI=1S/C28H56N5O5P/c1-3-4-5-6-7-8-9-10-11-12-13-14-15-16-18-36-19-17-20-38-39(34,35)24-37-25(2)21-33-23-32-26-27(29)30-22-31-28(26)33/h1,25-28,30-32H,4-24,29H2,2H3,(H,34,35)/p-1/t25-,26?,27?,28?/m1/s1. The number of ether oxygens (including phenoxy) is 2. The van der Waals surface area contributed by atoms with Gasteiger partial charge in [-0.05, 0) is 26.2 Å². The van der Waals surface area contributed by atoms with Gasteiger partial charge >= 0.3 is 0 Å². The summed E-state index contributed by atoms with van der Waals surface area (Å²) in [5.74, 6) is 2.70. The number of hydrogen-bond donors (Lipinski definition) is 4. The second-order valence-corrected chi connectivity index (χ2v) is 12.7. The molecule has 2 heterocycles. The van der Waals surface area contributed by atoms with Crippen molar-refractivity contribution in [2.45, 2.75) is 121 Å². The van der Waals surface area contributed by atoms with Gasteiger partial charge in [0.2, 0.25) is 0 Å². The van der Waals surface area contributed by atoms with Gasteiger partial charge in [0.05, 0.1) is 37.8 Å². The van der Waals surface area contributed by atoms with Crippen LogP contribution in [-0.4, -0.2) is 75.4 Å². The van der Waals surface area contributed by atoms with Crippen LogP contribution in [0.1, 0.15) is 96.8 Å². The van der Waals surface area contributed by atoms with Gasteiger partial charge in [-0.15, -0.1) is 12.3 Å². The summed E-state index contributed by atoms with van der Waals surface area (Å²) in [4.78, 5) is 14.4. The van der Waals surface area contributed by atoms with Crippen LogP contribution in [0.4, 0.5) is 0 Å². The van der Waals surface area contributed by atoms with Crippen LogP contribution in [0.3, 0.4) is 0 Å². The van der Waals surface area contributed by atoms with Crippen molar-refractivity contribution in [2.75, 3.05) is 46.1 Å². The average Bonchev–Trinajstić information content (AvgIpc) is 3.32. The van der Waals surface area contributed by atoms with Gasteiger partial charge in [-0.1, -0.05) is 64.2 Å². The van der Waals surface area contributed by atoms with Crippen molar-refractivity contribution in [3.8, 4) is 12.3 Å². The molecule has 0 aromatic heterocycles. The van der Waals surface area contributed by atoms with E-state index in [0.29, 0.717) is 32.9 Å².